The molecule has 3 amide bonds. The monoisotopic (exact) mass is 466 g/mol. The predicted molar refractivity (Wildman–Crippen MR) is 134 cm³/mol. The Hall–Kier alpha value is -3.33. The van der Waals surface area contributed by atoms with Gasteiger partial charge in [0.05, 0.1) is 5.75 Å². The predicted octanol–water partition coefficient (Wildman–Crippen LogP) is 4.39. The number of hydrogen-bond acceptors (Lipinski definition) is 6. The largest absolute Gasteiger partial charge is 0.372 e. The number of thioether (sulfide) groups is 1. The van der Waals surface area contributed by atoms with Gasteiger partial charge in [0.1, 0.15) is 0 Å². The summed E-state index contributed by atoms with van der Waals surface area (Å²) in [6.07, 6.45) is 0. The first-order valence-corrected chi connectivity index (χ1v) is 11.9. The molecule has 0 bridgehead atoms. The van der Waals surface area contributed by atoms with Crippen molar-refractivity contribution in [2.45, 2.75) is 32.9 Å². The lowest BCUT2D eigenvalue weighted by molar-refractivity contribution is -0.117. The molecular formula is C24H30N6O2S. The van der Waals surface area contributed by atoms with Gasteiger partial charge in [-0.2, -0.15) is 0 Å². The average molecular weight is 467 g/mol. The van der Waals surface area contributed by atoms with Crippen molar-refractivity contribution in [3.8, 4) is 11.4 Å². The molecular weight excluding hydrogens is 436 g/mol. The molecule has 2 aromatic carbocycles. The number of amides is 3. The number of hydrogen-bond donors (Lipinski definition) is 2. The third kappa shape index (κ3) is 6.13. The van der Waals surface area contributed by atoms with E-state index < -0.39 is 11.9 Å². The van der Waals surface area contributed by atoms with Crippen LogP contribution in [-0.2, 0) is 11.8 Å². The molecule has 174 valence electrons. The number of aromatic nitrogens is 3. The first-order chi connectivity index (χ1) is 15.8. The minimum atomic E-state index is -0.556. The molecule has 0 aliphatic carbocycles. The zero-order valence-corrected chi connectivity index (χ0v) is 20.5. The van der Waals surface area contributed by atoms with Crippen LogP contribution in [-0.4, -0.2) is 45.5 Å². The number of anilines is 2. The molecule has 0 aliphatic heterocycles. The van der Waals surface area contributed by atoms with Gasteiger partial charge in [0.25, 0.3) is 0 Å². The second kappa shape index (κ2) is 11.0. The summed E-state index contributed by atoms with van der Waals surface area (Å²) in [5.74, 6) is 0.361. The van der Waals surface area contributed by atoms with E-state index in [9.17, 15) is 9.59 Å². The third-order valence-corrected chi connectivity index (χ3v) is 6.32. The Labute approximate surface area is 198 Å². The molecule has 0 radical (unpaired) electrons. The van der Waals surface area contributed by atoms with Crippen LogP contribution in [0, 0.1) is 13.8 Å². The number of carbonyl (C=O) groups excluding carboxylic acids is 2. The summed E-state index contributed by atoms with van der Waals surface area (Å²) >= 11 is 1.23. The maximum absolute atomic E-state index is 12.2. The Morgan fingerprint density at radius 1 is 1.03 bits per heavy atom. The van der Waals surface area contributed by atoms with E-state index in [2.05, 4.69) is 51.7 Å². The molecule has 1 heterocycles. The Bertz CT molecular complexity index is 1120. The van der Waals surface area contributed by atoms with Crippen LogP contribution < -0.4 is 15.5 Å². The van der Waals surface area contributed by atoms with Gasteiger partial charge in [-0.15, -0.1) is 10.2 Å². The lowest BCUT2D eigenvalue weighted by Crippen LogP contribution is -2.35. The van der Waals surface area contributed by atoms with E-state index in [1.807, 2.05) is 55.8 Å². The van der Waals surface area contributed by atoms with Crippen LogP contribution in [0.4, 0.5) is 16.2 Å². The van der Waals surface area contributed by atoms with Crippen molar-refractivity contribution in [2.24, 2.45) is 7.05 Å². The van der Waals surface area contributed by atoms with E-state index >= 15 is 0 Å². The number of nitrogens with zero attached hydrogens (tertiary/aromatic N) is 4. The summed E-state index contributed by atoms with van der Waals surface area (Å²) in [6.45, 7) is 10.1. The summed E-state index contributed by atoms with van der Waals surface area (Å²) in [6, 6.07) is 13.3. The minimum absolute atomic E-state index is 0.0488. The second-order valence-corrected chi connectivity index (χ2v) is 8.64. The van der Waals surface area contributed by atoms with Crippen molar-refractivity contribution in [3.05, 3.63) is 53.6 Å². The third-order valence-electron chi connectivity index (χ3n) is 5.30. The summed E-state index contributed by atoms with van der Waals surface area (Å²) in [4.78, 5) is 26.7. The van der Waals surface area contributed by atoms with Gasteiger partial charge >= 0.3 is 6.03 Å². The zero-order chi connectivity index (χ0) is 24.0. The van der Waals surface area contributed by atoms with Gasteiger partial charge in [-0.05, 0) is 63.6 Å². The summed E-state index contributed by atoms with van der Waals surface area (Å²) in [5, 5.41) is 14.1. The lowest BCUT2D eigenvalue weighted by atomic mass is 10.1. The van der Waals surface area contributed by atoms with Crippen LogP contribution in [0.1, 0.15) is 25.0 Å². The van der Waals surface area contributed by atoms with E-state index in [1.54, 1.807) is 0 Å². The number of carbonyl (C=O) groups is 2. The Balaban J connectivity index is 1.56. The van der Waals surface area contributed by atoms with Gasteiger partial charge in [0.2, 0.25) is 5.91 Å². The molecule has 9 heteroatoms. The molecule has 0 spiro atoms. The number of urea groups is 1. The number of rotatable bonds is 8. The maximum atomic E-state index is 12.2. The van der Waals surface area contributed by atoms with Crippen molar-refractivity contribution in [1.29, 1.82) is 0 Å². The quantitative estimate of drug-likeness (QED) is 0.479. The zero-order valence-electron chi connectivity index (χ0n) is 19.7. The van der Waals surface area contributed by atoms with Crippen LogP contribution >= 0.6 is 11.8 Å². The van der Waals surface area contributed by atoms with Gasteiger partial charge in [-0.1, -0.05) is 29.5 Å². The topological polar surface area (TPSA) is 92.2 Å². The standard InChI is InChI=1S/C24H30N6O2S/c1-6-30(7-2)19-11-9-18(10-12-19)22-27-28-24(29(22)5)33-15-21(31)26-23(32)25-20-13-8-16(3)14-17(20)4/h8-14H,6-7,15H2,1-5H3,(H2,25,26,31,32). The van der Waals surface area contributed by atoms with Gasteiger partial charge in [-0.3, -0.25) is 10.1 Å². The van der Waals surface area contributed by atoms with Crippen LogP contribution in [0.3, 0.4) is 0 Å². The van der Waals surface area contributed by atoms with Crippen molar-refractivity contribution >= 4 is 35.1 Å². The van der Waals surface area contributed by atoms with Crippen LogP contribution in [0.5, 0.6) is 0 Å². The van der Waals surface area contributed by atoms with Crippen molar-refractivity contribution in [3.63, 3.8) is 0 Å². The van der Waals surface area contributed by atoms with E-state index in [0.717, 1.165) is 41.3 Å². The highest BCUT2D eigenvalue weighted by Crippen LogP contribution is 2.25. The number of imide groups is 1. The Morgan fingerprint density at radius 3 is 2.36 bits per heavy atom. The van der Waals surface area contributed by atoms with E-state index in [4.69, 9.17) is 0 Å². The van der Waals surface area contributed by atoms with E-state index in [-0.39, 0.29) is 5.75 Å². The highest BCUT2D eigenvalue weighted by atomic mass is 32.2. The molecule has 0 saturated heterocycles. The van der Waals surface area contributed by atoms with Gasteiger partial charge in [-0.25, -0.2) is 4.79 Å². The average Bonchev–Trinajstić information content (AvgIpc) is 3.16. The molecule has 0 unspecified atom stereocenters. The summed E-state index contributed by atoms with van der Waals surface area (Å²) in [7, 11) is 1.86. The van der Waals surface area contributed by atoms with Crippen LogP contribution in [0.25, 0.3) is 11.4 Å². The van der Waals surface area contributed by atoms with Gasteiger partial charge in [0.15, 0.2) is 11.0 Å². The SMILES string of the molecule is CCN(CC)c1ccc(-c2nnc(SCC(=O)NC(=O)Nc3ccc(C)cc3C)n2C)cc1. The maximum Gasteiger partial charge on any atom is 0.325 e. The number of aryl methyl sites for hydroxylation is 2. The van der Waals surface area contributed by atoms with Crippen molar-refractivity contribution in [2.75, 3.05) is 29.1 Å². The highest BCUT2D eigenvalue weighted by Gasteiger charge is 2.15. The van der Waals surface area contributed by atoms with Crippen LogP contribution in [0.15, 0.2) is 47.6 Å². The smallest absolute Gasteiger partial charge is 0.325 e. The van der Waals surface area contributed by atoms with Crippen LogP contribution in [0.2, 0.25) is 0 Å². The normalized spacial score (nSPS) is 10.7. The fourth-order valence-electron chi connectivity index (χ4n) is 3.50. The Kier molecular flexibility index (Phi) is 8.11. The molecule has 33 heavy (non-hydrogen) atoms. The first-order valence-electron chi connectivity index (χ1n) is 10.9. The molecule has 8 nitrogen and oxygen atoms in total. The van der Waals surface area contributed by atoms with Gasteiger partial charge < -0.3 is 14.8 Å². The number of nitrogens with one attached hydrogen (secondary N) is 2. The fraction of sp³-hybridized carbons (Fsp3) is 0.333. The number of benzene rings is 2. The minimum Gasteiger partial charge on any atom is -0.372 e. The fourth-order valence-corrected chi connectivity index (χ4v) is 4.21. The lowest BCUT2D eigenvalue weighted by Gasteiger charge is -2.21. The van der Waals surface area contributed by atoms with E-state index in [1.165, 1.54) is 11.8 Å². The molecule has 3 rings (SSSR count). The molecule has 0 atom stereocenters. The highest BCUT2D eigenvalue weighted by molar-refractivity contribution is 7.99. The van der Waals surface area contributed by atoms with E-state index in [0.29, 0.717) is 10.8 Å². The molecule has 2 N–H and O–H groups in total. The summed E-state index contributed by atoms with van der Waals surface area (Å²) < 4.78 is 1.85. The second-order valence-electron chi connectivity index (χ2n) is 7.69. The van der Waals surface area contributed by atoms with Crippen molar-refractivity contribution < 1.29 is 9.59 Å². The molecule has 1 aromatic heterocycles. The molecule has 0 saturated carbocycles. The summed E-state index contributed by atoms with van der Waals surface area (Å²) in [5.41, 5.74) is 4.82. The Morgan fingerprint density at radius 2 is 1.73 bits per heavy atom. The molecule has 0 fully saturated rings. The van der Waals surface area contributed by atoms with Crippen molar-refractivity contribution in [1.82, 2.24) is 20.1 Å². The first kappa shape index (κ1) is 24.3. The molecule has 3 aromatic rings. The van der Waals surface area contributed by atoms with Gasteiger partial charge in [0, 0.05) is 37.1 Å². The molecule has 0 aliphatic rings.